The Hall–Kier alpha value is -3.18. The van der Waals surface area contributed by atoms with E-state index in [-0.39, 0.29) is 5.97 Å². The molecule has 0 saturated heterocycles. The molecule has 5 heteroatoms. The number of carbonyl (C=O) groups is 1. The van der Waals surface area contributed by atoms with Crippen molar-refractivity contribution in [3.05, 3.63) is 102 Å². The molecule has 0 amide bonds. The molecule has 3 aromatic carbocycles. The van der Waals surface area contributed by atoms with E-state index in [1.54, 1.807) is 19.1 Å². The molecule has 0 heterocycles. The highest BCUT2D eigenvalue weighted by molar-refractivity contribution is 7.80. The monoisotopic (exact) mass is 418 g/mol. The zero-order valence-electron chi connectivity index (χ0n) is 17.0. The van der Waals surface area contributed by atoms with E-state index in [4.69, 9.17) is 17.0 Å². The van der Waals surface area contributed by atoms with Crippen LogP contribution in [-0.4, -0.2) is 24.2 Å². The molecular weight excluding hydrogens is 392 g/mol. The van der Waals surface area contributed by atoms with Crippen LogP contribution < -0.4 is 10.6 Å². The molecule has 4 nitrogen and oxygen atoms in total. The van der Waals surface area contributed by atoms with Gasteiger partial charge in [0.25, 0.3) is 0 Å². The minimum atomic E-state index is -0.322. The van der Waals surface area contributed by atoms with Crippen molar-refractivity contribution in [1.82, 2.24) is 5.32 Å². The van der Waals surface area contributed by atoms with E-state index in [1.165, 1.54) is 11.1 Å². The summed E-state index contributed by atoms with van der Waals surface area (Å²) < 4.78 is 5.00. The summed E-state index contributed by atoms with van der Waals surface area (Å²) >= 11 is 5.43. The third-order valence-corrected chi connectivity index (χ3v) is 5.02. The quantitative estimate of drug-likeness (QED) is 0.380. The number of benzene rings is 3. The molecule has 3 rings (SSSR count). The molecule has 2 N–H and O–H groups in total. The molecule has 3 aromatic rings. The average molecular weight is 419 g/mol. The van der Waals surface area contributed by atoms with Crippen molar-refractivity contribution in [2.24, 2.45) is 0 Å². The van der Waals surface area contributed by atoms with Crippen LogP contribution in [0.4, 0.5) is 5.69 Å². The lowest BCUT2D eigenvalue weighted by Crippen LogP contribution is -2.30. The van der Waals surface area contributed by atoms with Gasteiger partial charge in [-0.15, -0.1) is 0 Å². The molecule has 0 fully saturated rings. The Bertz CT molecular complexity index is 904. The number of anilines is 1. The van der Waals surface area contributed by atoms with E-state index < -0.39 is 0 Å². The van der Waals surface area contributed by atoms with E-state index in [9.17, 15) is 4.79 Å². The SMILES string of the molecule is CCOC(=O)c1ccc(NC(=S)NCCC(c2ccccc2)c2ccccc2)cc1. The fourth-order valence-electron chi connectivity index (χ4n) is 3.31. The van der Waals surface area contributed by atoms with Crippen LogP contribution in [0, 0.1) is 0 Å². The molecule has 154 valence electrons. The summed E-state index contributed by atoms with van der Waals surface area (Å²) in [5.74, 6) is -0.0239. The molecule has 30 heavy (non-hydrogen) atoms. The largest absolute Gasteiger partial charge is 0.462 e. The van der Waals surface area contributed by atoms with Crippen LogP contribution in [-0.2, 0) is 4.74 Å². The zero-order chi connectivity index (χ0) is 21.2. The van der Waals surface area contributed by atoms with E-state index in [1.807, 2.05) is 24.3 Å². The van der Waals surface area contributed by atoms with Crippen LogP contribution in [0.3, 0.4) is 0 Å². The first kappa shape index (κ1) is 21.5. The Morgan fingerprint density at radius 1 is 0.900 bits per heavy atom. The lowest BCUT2D eigenvalue weighted by molar-refractivity contribution is 0.0526. The van der Waals surface area contributed by atoms with Crippen molar-refractivity contribution < 1.29 is 9.53 Å². The number of ether oxygens (including phenoxy) is 1. The minimum absolute atomic E-state index is 0.298. The van der Waals surface area contributed by atoms with Gasteiger partial charge in [0.15, 0.2) is 5.11 Å². The topological polar surface area (TPSA) is 50.4 Å². The van der Waals surface area contributed by atoms with Gasteiger partial charge < -0.3 is 15.4 Å². The maximum absolute atomic E-state index is 11.7. The van der Waals surface area contributed by atoms with Crippen LogP contribution in [0.15, 0.2) is 84.9 Å². The van der Waals surface area contributed by atoms with Crippen LogP contribution in [0.25, 0.3) is 0 Å². The van der Waals surface area contributed by atoms with Crippen molar-refractivity contribution in [2.75, 3.05) is 18.5 Å². The molecule has 0 unspecified atom stereocenters. The lowest BCUT2D eigenvalue weighted by atomic mass is 9.88. The second-order valence-electron chi connectivity index (χ2n) is 6.84. The first-order chi connectivity index (χ1) is 14.7. The van der Waals surface area contributed by atoms with Crippen LogP contribution >= 0.6 is 12.2 Å². The molecule has 0 radical (unpaired) electrons. The Morgan fingerprint density at radius 3 is 2.00 bits per heavy atom. The van der Waals surface area contributed by atoms with E-state index >= 15 is 0 Å². The zero-order valence-corrected chi connectivity index (χ0v) is 17.8. The Kier molecular flexibility index (Phi) is 7.98. The maximum atomic E-state index is 11.7. The summed E-state index contributed by atoms with van der Waals surface area (Å²) in [5.41, 5.74) is 3.93. The Balaban J connectivity index is 1.55. The van der Waals surface area contributed by atoms with Crippen molar-refractivity contribution in [1.29, 1.82) is 0 Å². The standard InChI is InChI=1S/C25H26N2O2S/c1-2-29-24(28)21-13-15-22(16-14-21)27-25(30)26-18-17-23(19-9-5-3-6-10-19)20-11-7-4-8-12-20/h3-16,23H,2,17-18H2,1H3,(H2,26,27,30). The van der Waals surface area contributed by atoms with Gasteiger partial charge in [-0.25, -0.2) is 4.79 Å². The summed E-state index contributed by atoms with van der Waals surface area (Å²) in [6.07, 6.45) is 0.914. The first-order valence-electron chi connectivity index (χ1n) is 10.1. The molecule has 0 spiro atoms. The molecule has 0 bridgehead atoms. The van der Waals surface area contributed by atoms with Crippen LogP contribution in [0.1, 0.15) is 40.7 Å². The predicted octanol–water partition coefficient (Wildman–Crippen LogP) is 5.37. The number of thiocarbonyl (C=S) groups is 1. The second-order valence-corrected chi connectivity index (χ2v) is 7.25. The third kappa shape index (κ3) is 6.16. The van der Waals surface area contributed by atoms with E-state index in [0.717, 1.165) is 18.7 Å². The second kappa shape index (κ2) is 11.1. The van der Waals surface area contributed by atoms with Crippen molar-refractivity contribution in [3.63, 3.8) is 0 Å². The summed E-state index contributed by atoms with van der Waals surface area (Å²) in [5, 5.41) is 7.00. The molecule has 0 saturated carbocycles. The number of hydrogen-bond acceptors (Lipinski definition) is 3. The Morgan fingerprint density at radius 2 is 1.47 bits per heavy atom. The predicted molar refractivity (Wildman–Crippen MR) is 126 cm³/mol. The van der Waals surface area contributed by atoms with Gasteiger partial charge in [-0.3, -0.25) is 0 Å². The summed E-state index contributed by atoms with van der Waals surface area (Å²) in [7, 11) is 0. The minimum Gasteiger partial charge on any atom is -0.462 e. The fraction of sp³-hybridized carbons (Fsp3) is 0.200. The first-order valence-corrected chi connectivity index (χ1v) is 10.5. The van der Waals surface area contributed by atoms with Gasteiger partial charge >= 0.3 is 5.97 Å². The Labute approximate surface area is 183 Å². The summed E-state index contributed by atoms with van der Waals surface area (Å²) in [6, 6.07) is 28.1. The highest BCUT2D eigenvalue weighted by Gasteiger charge is 2.13. The van der Waals surface area contributed by atoms with Gasteiger partial charge in [-0.1, -0.05) is 60.7 Å². The number of rotatable bonds is 8. The van der Waals surface area contributed by atoms with Gasteiger partial charge in [-0.2, -0.15) is 0 Å². The van der Waals surface area contributed by atoms with Gasteiger partial charge in [0.05, 0.1) is 12.2 Å². The summed E-state index contributed by atoms with van der Waals surface area (Å²) in [6.45, 7) is 2.89. The van der Waals surface area contributed by atoms with Gasteiger partial charge in [0, 0.05) is 18.2 Å². The smallest absolute Gasteiger partial charge is 0.338 e. The van der Waals surface area contributed by atoms with Crippen LogP contribution in [0.5, 0.6) is 0 Å². The third-order valence-electron chi connectivity index (χ3n) is 4.78. The number of carbonyl (C=O) groups excluding carboxylic acids is 1. The molecule has 0 atom stereocenters. The normalized spacial score (nSPS) is 10.5. The van der Waals surface area contributed by atoms with Gasteiger partial charge in [0.2, 0.25) is 0 Å². The lowest BCUT2D eigenvalue weighted by Gasteiger charge is -2.19. The van der Waals surface area contributed by atoms with Gasteiger partial charge in [0.1, 0.15) is 0 Å². The van der Waals surface area contributed by atoms with Crippen molar-refractivity contribution in [3.8, 4) is 0 Å². The highest BCUT2D eigenvalue weighted by Crippen LogP contribution is 2.27. The van der Waals surface area contributed by atoms with Gasteiger partial charge in [-0.05, 0) is 61.0 Å². The van der Waals surface area contributed by atoms with E-state index in [2.05, 4.69) is 59.2 Å². The molecule has 0 aliphatic heterocycles. The maximum Gasteiger partial charge on any atom is 0.338 e. The van der Waals surface area contributed by atoms with Crippen molar-refractivity contribution >= 4 is 29.0 Å². The molecular formula is C25H26N2O2S. The van der Waals surface area contributed by atoms with Crippen LogP contribution in [0.2, 0.25) is 0 Å². The van der Waals surface area contributed by atoms with Crippen molar-refractivity contribution in [2.45, 2.75) is 19.3 Å². The fourth-order valence-corrected chi connectivity index (χ4v) is 3.53. The average Bonchev–Trinajstić information content (AvgIpc) is 2.78. The number of hydrogen-bond donors (Lipinski definition) is 2. The summed E-state index contributed by atoms with van der Waals surface area (Å²) in [4.78, 5) is 11.7. The highest BCUT2D eigenvalue weighted by atomic mass is 32.1. The molecule has 0 aromatic heterocycles. The van der Waals surface area contributed by atoms with E-state index in [0.29, 0.717) is 23.2 Å². The number of nitrogens with one attached hydrogen (secondary N) is 2. The molecule has 0 aliphatic carbocycles. The number of esters is 1. The molecule has 0 aliphatic rings.